The number of halogens is 1. The molecule has 0 fully saturated rings. The van der Waals surface area contributed by atoms with Gasteiger partial charge in [-0.2, -0.15) is 0 Å². The molecule has 0 aromatic carbocycles. The van der Waals surface area contributed by atoms with Crippen molar-refractivity contribution < 1.29 is 22.3 Å². The van der Waals surface area contributed by atoms with Crippen molar-refractivity contribution in [2.75, 3.05) is 0 Å². The van der Waals surface area contributed by atoms with Gasteiger partial charge in [-0.05, 0) is 6.42 Å². The van der Waals surface area contributed by atoms with Gasteiger partial charge in [0, 0.05) is 5.97 Å². The molecule has 38 valence electrons. The number of carboxylic acids is 1. The Hall–Kier alpha value is -0.240. The smallest absolute Gasteiger partial charge is 0.0903 e. The van der Waals surface area contributed by atoms with Crippen LogP contribution in [0.15, 0.2) is 0 Å². The number of carboxylic acid groups (broad SMARTS) is 1. The van der Waals surface area contributed by atoms with E-state index >= 15 is 0 Å². The molecule has 6 heavy (non-hydrogen) atoms. The first-order chi connectivity index (χ1) is 2.27. The molecular weight excluding hydrogens is 103 g/mol. The quantitative estimate of drug-likeness (QED) is 0.417. The average Bonchev–Trinajstić information content (AvgIpc) is 1.38. The molecule has 2 nitrogen and oxygen atoms in total. The average molecular weight is 111 g/mol. The normalized spacial score (nSPS) is 6.17. The van der Waals surface area contributed by atoms with Crippen LogP contribution in [-0.2, 0) is 4.79 Å². The minimum Gasteiger partial charge on any atom is -0.550 e. The number of aliphatic carboxylic acids is 1. The van der Waals surface area contributed by atoms with Gasteiger partial charge in [0.1, 0.15) is 0 Å². The highest BCUT2D eigenvalue weighted by molar-refractivity contribution is 5.63. The molecule has 0 N–H and O–H groups in total. The van der Waals surface area contributed by atoms with Crippen LogP contribution in [0.4, 0.5) is 0 Å². The van der Waals surface area contributed by atoms with E-state index in [1.807, 2.05) is 0 Å². The molecule has 0 bridgehead atoms. The van der Waals surface area contributed by atoms with Gasteiger partial charge in [-0.3, -0.25) is 0 Å². The summed E-state index contributed by atoms with van der Waals surface area (Å²) in [4.78, 5) is 9.26. The molecule has 3 heteroatoms. The van der Waals surface area contributed by atoms with Gasteiger partial charge in [0.2, 0.25) is 0 Å². The number of carbonyl (C=O) groups excluding carboxylic acids is 1. The summed E-state index contributed by atoms with van der Waals surface area (Å²) in [5.41, 5.74) is 0. The van der Waals surface area contributed by atoms with Gasteiger partial charge in [-0.25, -0.2) is 0 Å². The van der Waals surface area contributed by atoms with E-state index in [0.717, 1.165) is 0 Å². The maximum Gasteiger partial charge on any atom is 0.0903 e. The molecule has 0 aliphatic carbocycles. The zero-order valence-corrected chi connectivity index (χ0v) is 4.37. The molecule has 0 saturated heterocycles. The maximum absolute atomic E-state index is 9.26. The molecular formula is C3H7ClO2. The van der Waals surface area contributed by atoms with E-state index < -0.39 is 5.97 Å². The predicted molar refractivity (Wildman–Crippen MR) is 18.1 cm³/mol. The molecule has 0 radical (unpaired) electrons. The van der Waals surface area contributed by atoms with Crippen molar-refractivity contribution in [1.82, 2.24) is 0 Å². The third-order valence-electron chi connectivity index (χ3n) is 0.289. The Labute approximate surface area is 42.6 Å². The second kappa shape index (κ2) is 4.76. The summed E-state index contributed by atoms with van der Waals surface area (Å²) >= 11 is 0. The van der Waals surface area contributed by atoms with Crippen molar-refractivity contribution in [3.8, 4) is 0 Å². The first-order valence-corrected chi connectivity index (χ1v) is 1.47. The fraction of sp³-hybridized carbons (Fsp3) is 0.667. The van der Waals surface area contributed by atoms with Crippen molar-refractivity contribution in [2.24, 2.45) is 0 Å². The van der Waals surface area contributed by atoms with Crippen molar-refractivity contribution in [3.05, 3.63) is 0 Å². The van der Waals surface area contributed by atoms with Crippen molar-refractivity contribution in [1.29, 1.82) is 0 Å². The number of hydrogen-bond acceptors (Lipinski definition) is 2. The lowest BCUT2D eigenvalue weighted by Crippen LogP contribution is -2.19. The zero-order valence-electron chi connectivity index (χ0n) is 3.47. The summed E-state index contributed by atoms with van der Waals surface area (Å²) in [6.07, 6.45) is 0.111. The molecule has 0 aliphatic heterocycles. The summed E-state index contributed by atoms with van der Waals surface area (Å²) in [7, 11) is 0. The molecule has 0 aromatic rings. The van der Waals surface area contributed by atoms with Gasteiger partial charge in [0.25, 0.3) is 0 Å². The standard InChI is InChI=1S/C3H6O2.ClH2/c1-2-3(4)5;/h2H2,1H3,(H,4,5);1H2/q;+1/p-1. The van der Waals surface area contributed by atoms with Gasteiger partial charge >= 0.3 is 0 Å². The van der Waals surface area contributed by atoms with Crippen LogP contribution in [0.5, 0.6) is 0 Å². The molecule has 0 aromatic heterocycles. The second-order valence-electron chi connectivity index (χ2n) is 0.726. The minimum absolute atomic E-state index is 0. The lowest BCUT2D eigenvalue weighted by Gasteiger charge is -1.87. The van der Waals surface area contributed by atoms with E-state index in [0.29, 0.717) is 0 Å². The third kappa shape index (κ3) is 9.25. The van der Waals surface area contributed by atoms with Gasteiger partial charge < -0.3 is 9.90 Å². The Morgan fingerprint density at radius 1 is 1.83 bits per heavy atom. The highest BCUT2D eigenvalue weighted by atomic mass is 35.5. The second-order valence-corrected chi connectivity index (χ2v) is 0.726. The molecule has 0 unspecified atom stereocenters. The monoisotopic (exact) mass is 110 g/mol. The lowest BCUT2D eigenvalue weighted by atomic mass is 10.5. The van der Waals surface area contributed by atoms with Crippen LogP contribution in [0.3, 0.4) is 0 Å². The molecule has 0 spiro atoms. The van der Waals surface area contributed by atoms with E-state index in [-0.39, 0.29) is 18.8 Å². The van der Waals surface area contributed by atoms with E-state index in [9.17, 15) is 9.90 Å². The fourth-order valence-electron chi connectivity index (χ4n) is 0. The summed E-state index contributed by atoms with van der Waals surface area (Å²) < 4.78 is 0. The van der Waals surface area contributed by atoms with E-state index in [4.69, 9.17) is 0 Å². The Balaban J connectivity index is 0. The SMILES string of the molecule is CCC(=O)[O-].[ClH2+]. The molecule has 0 atom stereocenters. The van der Waals surface area contributed by atoms with Crippen LogP contribution in [0.25, 0.3) is 0 Å². The molecule has 0 saturated carbocycles. The molecule has 0 aliphatic rings. The van der Waals surface area contributed by atoms with Crippen molar-refractivity contribution in [2.45, 2.75) is 13.3 Å². The van der Waals surface area contributed by atoms with Crippen molar-refractivity contribution >= 4 is 5.97 Å². The van der Waals surface area contributed by atoms with Gasteiger partial charge in [0.05, 0.1) is 12.4 Å². The Morgan fingerprint density at radius 3 is 2.00 bits per heavy atom. The van der Waals surface area contributed by atoms with Crippen LogP contribution < -0.4 is 5.11 Å². The zero-order chi connectivity index (χ0) is 4.28. The summed E-state index contributed by atoms with van der Waals surface area (Å²) in [6.45, 7) is 1.54. The molecule has 0 amide bonds. The van der Waals surface area contributed by atoms with Gasteiger partial charge in [-0.1, -0.05) is 6.92 Å². The summed E-state index contributed by atoms with van der Waals surface area (Å²) in [6, 6.07) is 0. The van der Waals surface area contributed by atoms with E-state index in [2.05, 4.69) is 0 Å². The highest BCUT2D eigenvalue weighted by Crippen LogP contribution is 1.61. The van der Waals surface area contributed by atoms with Gasteiger partial charge in [-0.15, -0.1) is 0 Å². The topological polar surface area (TPSA) is 40.1 Å². The Morgan fingerprint density at radius 2 is 2.00 bits per heavy atom. The Kier molecular flexibility index (Phi) is 7.32. The Bertz CT molecular complexity index is 44.1. The fourth-order valence-corrected chi connectivity index (χ4v) is 0. The first kappa shape index (κ1) is 9.23. The minimum atomic E-state index is -0.995. The van der Waals surface area contributed by atoms with E-state index in [1.165, 1.54) is 6.92 Å². The number of hydrogen-bond donors (Lipinski definition) is 0. The van der Waals surface area contributed by atoms with Crippen LogP contribution >= 0.6 is 0 Å². The molecule has 0 heterocycles. The summed E-state index contributed by atoms with van der Waals surface area (Å²) in [5.74, 6) is -0.995. The van der Waals surface area contributed by atoms with Crippen LogP contribution in [0, 0.1) is 12.4 Å². The lowest BCUT2D eigenvalue weighted by molar-refractivity contribution is -0.305. The van der Waals surface area contributed by atoms with Crippen molar-refractivity contribution in [3.63, 3.8) is 0 Å². The van der Waals surface area contributed by atoms with Crippen LogP contribution in [-0.4, -0.2) is 5.97 Å². The van der Waals surface area contributed by atoms with Crippen LogP contribution in [0.1, 0.15) is 13.3 Å². The maximum atomic E-state index is 9.26. The summed E-state index contributed by atoms with van der Waals surface area (Å²) in [5, 5.41) is 9.26. The van der Waals surface area contributed by atoms with Crippen LogP contribution in [0.2, 0.25) is 0 Å². The largest absolute Gasteiger partial charge is 0.550 e. The predicted octanol–water partition coefficient (Wildman–Crippen LogP) is -1.39. The first-order valence-electron chi connectivity index (χ1n) is 1.47. The highest BCUT2D eigenvalue weighted by Gasteiger charge is 1.65. The molecule has 0 rings (SSSR count). The number of carbonyl (C=O) groups is 1. The van der Waals surface area contributed by atoms with E-state index in [1.54, 1.807) is 0 Å². The van der Waals surface area contributed by atoms with Gasteiger partial charge in [0.15, 0.2) is 0 Å². The third-order valence-corrected chi connectivity index (χ3v) is 0.289. The number of rotatable bonds is 1.